The summed E-state index contributed by atoms with van der Waals surface area (Å²) in [6.45, 7) is 3.87. The summed E-state index contributed by atoms with van der Waals surface area (Å²) in [6, 6.07) is 12.1. The van der Waals surface area contributed by atoms with Gasteiger partial charge < -0.3 is 15.0 Å². The standard InChI is InChI=1S/C41H45F3N8O5/c1-49-34-19-27(10-11-32(34)52(40(49)56)33-12-13-37(53)47-39(33)55)26-14-16-50(17-15-26)21-24-6-8-25(9-7-24)22-51-23-28-18-31(35(57-2)20-30(28)48-51)46-38(54)29-4-3-5-36(45-29)41(42,43)44/h3-5,10-11,18-20,23-26,33H,6-9,12-17,21-22H2,1-2H3,(H,46,54)(H,47,53,55). The number of carbonyl (C=O) groups excluding carboxylic acids is 3. The predicted molar refractivity (Wildman–Crippen MR) is 206 cm³/mol. The largest absolute Gasteiger partial charge is 0.494 e. The highest BCUT2D eigenvalue weighted by atomic mass is 19.4. The van der Waals surface area contributed by atoms with Crippen molar-refractivity contribution in [3.63, 3.8) is 0 Å². The van der Waals surface area contributed by atoms with Gasteiger partial charge in [-0.25, -0.2) is 9.78 Å². The van der Waals surface area contributed by atoms with Crippen LogP contribution in [0.1, 0.15) is 85.1 Å². The normalized spacial score (nSPS) is 21.2. The van der Waals surface area contributed by atoms with Crippen LogP contribution in [0.5, 0.6) is 5.75 Å². The number of aromatic nitrogens is 5. The molecule has 3 aliphatic rings. The molecule has 1 atom stereocenters. The first-order valence-electron chi connectivity index (χ1n) is 19.5. The molecule has 0 radical (unpaired) electrons. The van der Waals surface area contributed by atoms with E-state index in [4.69, 9.17) is 9.84 Å². The summed E-state index contributed by atoms with van der Waals surface area (Å²) in [5.41, 5.74) is 1.97. The number of rotatable bonds is 9. The van der Waals surface area contributed by atoms with Gasteiger partial charge in [0.2, 0.25) is 11.8 Å². The molecule has 2 aliphatic heterocycles. The molecule has 1 aliphatic carbocycles. The molecular formula is C41H45F3N8O5. The van der Waals surface area contributed by atoms with E-state index in [1.54, 1.807) is 23.7 Å². The zero-order chi connectivity index (χ0) is 40.0. The Morgan fingerprint density at radius 2 is 1.67 bits per heavy atom. The third-order valence-corrected chi connectivity index (χ3v) is 12.0. The van der Waals surface area contributed by atoms with Crippen LogP contribution >= 0.6 is 0 Å². The van der Waals surface area contributed by atoms with Crippen molar-refractivity contribution in [1.82, 2.24) is 34.1 Å². The van der Waals surface area contributed by atoms with Crippen molar-refractivity contribution in [1.29, 1.82) is 0 Å². The van der Waals surface area contributed by atoms with Crippen LogP contribution in [0.25, 0.3) is 21.9 Å². The Kier molecular flexibility index (Phi) is 10.4. The molecule has 5 heterocycles. The van der Waals surface area contributed by atoms with Crippen LogP contribution in [-0.4, -0.2) is 73.3 Å². The van der Waals surface area contributed by atoms with E-state index in [0.29, 0.717) is 46.6 Å². The fourth-order valence-electron chi connectivity index (χ4n) is 8.91. The predicted octanol–water partition coefficient (Wildman–Crippen LogP) is 6.03. The zero-order valence-corrected chi connectivity index (χ0v) is 31.8. The van der Waals surface area contributed by atoms with Gasteiger partial charge in [0.05, 0.1) is 29.3 Å². The number of hydrogen-bond donors (Lipinski definition) is 2. The highest BCUT2D eigenvalue weighted by molar-refractivity contribution is 6.05. The van der Waals surface area contributed by atoms with Crippen molar-refractivity contribution in [2.24, 2.45) is 18.9 Å². The lowest BCUT2D eigenvalue weighted by Crippen LogP contribution is -2.44. The van der Waals surface area contributed by atoms with Crippen molar-refractivity contribution in [2.45, 2.75) is 76.0 Å². The molecule has 1 saturated carbocycles. The Morgan fingerprint density at radius 3 is 2.37 bits per heavy atom. The number of aryl methyl sites for hydroxylation is 1. The minimum Gasteiger partial charge on any atom is -0.494 e. The maximum Gasteiger partial charge on any atom is 0.433 e. The third kappa shape index (κ3) is 7.91. The first-order chi connectivity index (χ1) is 27.3. The molecule has 2 saturated heterocycles. The lowest BCUT2D eigenvalue weighted by Gasteiger charge is -2.36. The van der Waals surface area contributed by atoms with E-state index in [-0.39, 0.29) is 23.7 Å². The number of piperidine rings is 2. The Labute approximate surface area is 326 Å². The van der Waals surface area contributed by atoms with E-state index in [9.17, 15) is 32.3 Å². The average molecular weight is 787 g/mol. The van der Waals surface area contributed by atoms with Crippen LogP contribution in [0.2, 0.25) is 0 Å². The molecule has 0 bridgehead atoms. The SMILES string of the molecule is COc1cc2nn(CC3CCC(CN4CCC(c5ccc6c(c5)n(C)c(=O)n6C5CCC(=O)NC5=O)CC4)CC3)cc2cc1NC(=O)c1cccc(C(F)(F)F)n1. The summed E-state index contributed by atoms with van der Waals surface area (Å²) in [6.07, 6.45) is 4.35. The number of pyridine rings is 1. The lowest BCUT2D eigenvalue weighted by atomic mass is 9.81. The van der Waals surface area contributed by atoms with Crippen LogP contribution in [-0.2, 0) is 29.4 Å². The van der Waals surface area contributed by atoms with Crippen molar-refractivity contribution < 1.29 is 32.3 Å². The van der Waals surface area contributed by atoms with Gasteiger partial charge >= 0.3 is 11.9 Å². The number of methoxy groups -OCH3 is 1. The van der Waals surface area contributed by atoms with Crippen molar-refractivity contribution in [3.05, 3.63) is 82.2 Å². The minimum absolute atomic E-state index is 0.211. The molecule has 57 heavy (non-hydrogen) atoms. The molecule has 5 aromatic rings. The average Bonchev–Trinajstić information content (AvgIpc) is 3.70. The van der Waals surface area contributed by atoms with Gasteiger partial charge in [0, 0.05) is 44.2 Å². The first-order valence-corrected chi connectivity index (χ1v) is 19.5. The molecule has 13 nitrogen and oxygen atoms in total. The second-order valence-electron chi connectivity index (χ2n) is 15.7. The number of carbonyl (C=O) groups is 3. The number of imidazole rings is 1. The van der Waals surface area contributed by atoms with Gasteiger partial charge in [0.1, 0.15) is 23.2 Å². The summed E-state index contributed by atoms with van der Waals surface area (Å²) >= 11 is 0. The highest BCUT2D eigenvalue weighted by Crippen LogP contribution is 2.36. The van der Waals surface area contributed by atoms with Gasteiger partial charge in [-0.1, -0.05) is 12.1 Å². The van der Waals surface area contributed by atoms with E-state index in [0.717, 1.165) is 87.7 Å². The molecule has 2 N–H and O–H groups in total. The number of anilines is 1. The Morgan fingerprint density at radius 1 is 0.930 bits per heavy atom. The summed E-state index contributed by atoms with van der Waals surface area (Å²) in [7, 11) is 3.19. The van der Waals surface area contributed by atoms with E-state index >= 15 is 0 Å². The molecule has 3 amide bonds. The number of nitrogens with zero attached hydrogens (tertiary/aromatic N) is 6. The van der Waals surface area contributed by atoms with Crippen LogP contribution in [0.3, 0.4) is 0 Å². The van der Waals surface area contributed by atoms with Crippen molar-refractivity contribution in [3.8, 4) is 5.75 Å². The van der Waals surface area contributed by atoms with Crippen LogP contribution in [0.4, 0.5) is 18.9 Å². The molecule has 0 spiro atoms. The Hall–Kier alpha value is -5.51. The van der Waals surface area contributed by atoms with Crippen molar-refractivity contribution >= 4 is 45.3 Å². The fourth-order valence-corrected chi connectivity index (χ4v) is 8.91. The van der Waals surface area contributed by atoms with Gasteiger partial charge in [-0.15, -0.1) is 0 Å². The first kappa shape index (κ1) is 38.4. The summed E-state index contributed by atoms with van der Waals surface area (Å²) in [5, 5.41) is 10.6. The number of likely N-dealkylation sites (tertiary alicyclic amines) is 1. The zero-order valence-electron chi connectivity index (χ0n) is 31.8. The molecule has 16 heteroatoms. The van der Waals surface area contributed by atoms with E-state index in [2.05, 4.69) is 32.7 Å². The Balaban J connectivity index is 0.833. The number of alkyl halides is 3. The number of amides is 3. The third-order valence-electron chi connectivity index (χ3n) is 12.0. The molecule has 3 aromatic heterocycles. The number of benzene rings is 2. The minimum atomic E-state index is -4.66. The highest BCUT2D eigenvalue weighted by Gasteiger charge is 2.34. The number of hydrogen-bond acceptors (Lipinski definition) is 8. The number of fused-ring (bicyclic) bond motifs is 2. The summed E-state index contributed by atoms with van der Waals surface area (Å²) in [4.78, 5) is 56.4. The fraction of sp³-hybridized carbons (Fsp3) is 0.463. The number of halogens is 3. The molecule has 300 valence electrons. The van der Waals surface area contributed by atoms with Crippen LogP contribution in [0, 0.1) is 11.8 Å². The van der Waals surface area contributed by atoms with E-state index in [1.807, 2.05) is 16.9 Å². The van der Waals surface area contributed by atoms with Crippen LogP contribution in [0.15, 0.2) is 59.5 Å². The lowest BCUT2D eigenvalue weighted by molar-refractivity contribution is -0.141. The number of imide groups is 1. The number of nitrogens with one attached hydrogen (secondary N) is 2. The maximum atomic E-state index is 13.2. The van der Waals surface area contributed by atoms with Gasteiger partial charge in [0.25, 0.3) is 5.91 Å². The van der Waals surface area contributed by atoms with Crippen LogP contribution < -0.4 is 21.1 Å². The monoisotopic (exact) mass is 786 g/mol. The topological polar surface area (TPSA) is 145 Å². The van der Waals surface area contributed by atoms with Gasteiger partial charge in [0.15, 0.2) is 0 Å². The second-order valence-corrected chi connectivity index (χ2v) is 15.7. The van der Waals surface area contributed by atoms with Gasteiger partial charge in [-0.3, -0.25) is 33.5 Å². The molecule has 8 rings (SSSR count). The maximum absolute atomic E-state index is 13.2. The van der Waals surface area contributed by atoms with Crippen molar-refractivity contribution in [2.75, 3.05) is 32.1 Å². The molecular weight excluding hydrogens is 741 g/mol. The second kappa shape index (κ2) is 15.4. The molecule has 1 unspecified atom stereocenters. The Bertz CT molecular complexity index is 2400. The van der Waals surface area contributed by atoms with E-state index in [1.165, 1.54) is 23.3 Å². The van der Waals surface area contributed by atoms with Gasteiger partial charge in [-0.2, -0.15) is 18.3 Å². The molecule has 3 fully saturated rings. The van der Waals surface area contributed by atoms with Gasteiger partial charge in [-0.05, 0) is 112 Å². The smallest absolute Gasteiger partial charge is 0.433 e. The summed E-state index contributed by atoms with van der Waals surface area (Å²) in [5.74, 6) is 0.325. The summed E-state index contributed by atoms with van der Waals surface area (Å²) < 4.78 is 50.0. The van der Waals surface area contributed by atoms with E-state index < -0.39 is 29.7 Å². The molecule has 2 aromatic carbocycles. The number of ether oxygens (including phenoxy) is 1. The quantitative estimate of drug-likeness (QED) is 0.173.